The van der Waals surface area contributed by atoms with E-state index in [0.717, 1.165) is 6.42 Å². The van der Waals surface area contributed by atoms with E-state index in [1.807, 2.05) is 6.92 Å². The summed E-state index contributed by atoms with van der Waals surface area (Å²) in [5, 5.41) is 0. The summed E-state index contributed by atoms with van der Waals surface area (Å²) in [6, 6.07) is 0. The third-order valence-electron chi connectivity index (χ3n) is 2.84. The Bertz CT molecular complexity index is 140. The van der Waals surface area contributed by atoms with E-state index in [-0.39, 0.29) is 0 Å². The summed E-state index contributed by atoms with van der Waals surface area (Å²) < 4.78 is 0. The van der Waals surface area contributed by atoms with Gasteiger partial charge in [0, 0.05) is 11.8 Å². The highest BCUT2D eigenvalue weighted by Crippen LogP contribution is 2.29. The molecule has 0 saturated heterocycles. The molecule has 1 saturated carbocycles. The second-order valence-electron chi connectivity index (χ2n) is 3.65. The highest BCUT2D eigenvalue weighted by atomic mass is 16.1. The molecule has 1 nitrogen and oxygen atoms in total. The Balaban J connectivity index is 2.60. The van der Waals surface area contributed by atoms with Crippen molar-refractivity contribution in [1.29, 1.82) is 0 Å². The predicted molar refractivity (Wildman–Crippen MR) is 41.7 cm³/mol. The van der Waals surface area contributed by atoms with Crippen LogP contribution in [0.2, 0.25) is 0 Å². The lowest BCUT2D eigenvalue weighted by molar-refractivity contribution is -0.129. The maximum atomic E-state index is 11.3. The zero-order valence-electron chi connectivity index (χ0n) is 7.05. The number of carbonyl (C=O) groups excluding carboxylic acids is 1. The summed E-state index contributed by atoms with van der Waals surface area (Å²) in [4.78, 5) is 11.3. The molecule has 58 valence electrons. The molecule has 0 aromatic carbocycles. The quantitative estimate of drug-likeness (QED) is 0.504. The van der Waals surface area contributed by atoms with Crippen LogP contribution in [0.1, 0.15) is 33.6 Å². The van der Waals surface area contributed by atoms with Crippen molar-refractivity contribution in [2.24, 2.45) is 17.8 Å². The van der Waals surface area contributed by atoms with Crippen LogP contribution in [0, 0.1) is 17.8 Å². The molecule has 0 N–H and O–H groups in total. The van der Waals surface area contributed by atoms with E-state index in [2.05, 4.69) is 13.8 Å². The number of carbonyl (C=O) groups is 1. The third kappa shape index (κ3) is 1.23. The Morgan fingerprint density at radius 3 is 2.30 bits per heavy atom. The van der Waals surface area contributed by atoms with Crippen LogP contribution in [0.4, 0.5) is 0 Å². The van der Waals surface area contributed by atoms with Crippen LogP contribution in [0.5, 0.6) is 0 Å². The average Bonchev–Trinajstić information content (AvgIpc) is 1.93. The second-order valence-corrected chi connectivity index (χ2v) is 3.65. The fraction of sp³-hybridized carbons (Fsp3) is 0.889. The molecule has 0 aromatic rings. The molecule has 0 heterocycles. The normalized spacial score (nSPS) is 41.9. The summed E-state index contributed by atoms with van der Waals surface area (Å²) in [6.45, 7) is 6.28. The van der Waals surface area contributed by atoms with Crippen molar-refractivity contribution in [2.75, 3.05) is 0 Å². The molecule has 1 heteroatoms. The van der Waals surface area contributed by atoms with Crippen molar-refractivity contribution in [1.82, 2.24) is 0 Å². The smallest absolute Gasteiger partial charge is 0.138 e. The molecule has 1 aliphatic carbocycles. The monoisotopic (exact) mass is 140 g/mol. The van der Waals surface area contributed by atoms with Crippen LogP contribution >= 0.6 is 0 Å². The Kier molecular flexibility index (Phi) is 2.12. The third-order valence-corrected chi connectivity index (χ3v) is 2.84. The summed E-state index contributed by atoms with van der Waals surface area (Å²) in [5.41, 5.74) is 0. The van der Waals surface area contributed by atoms with Gasteiger partial charge in [0.1, 0.15) is 5.78 Å². The van der Waals surface area contributed by atoms with Gasteiger partial charge in [0.05, 0.1) is 0 Å². The molecule has 0 aromatic heterocycles. The van der Waals surface area contributed by atoms with Gasteiger partial charge in [-0.2, -0.15) is 0 Å². The first-order valence-corrected chi connectivity index (χ1v) is 4.16. The van der Waals surface area contributed by atoms with Crippen molar-refractivity contribution in [2.45, 2.75) is 33.6 Å². The van der Waals surface area contributed by atoms with Crippen molar-refractivity contribution < 1.29 is 4.79 Å². The molecule has 1 fully saturated rings. The summed E-state index contributed by atoms with van der Waals surface area (Å²) in [7, 11) is 0. The molecule has 0 radical (unpaired) electrons. The Morgan fingerprint density at radius 2 is 1.80 bits per heavy atom. The van der Waals surface area contributed by atoms with E-state index in [9.17, 15) is 4.79 Å². The van der Waals surface area contributed by atoms with Gasteiger partial charge in [0.25, 0.3) is 0 Å². The molecule has 0 aliphatic heterocycles. The molecule has 0 amide bonds. The van der Waals surface area contributed by atoms with E-state index >= 15 is 0 Å². The molecule has 3 atom stereocenters. The molecule has 1 rings (SSSR count). The van der Waals surface area contributed by atoms with E-state index in [0.29, 0.717) is 23.5 Å². The van der Waals surface area contributed by atoms with Crippen LogP contribution in [-0.2, 0) is 4.79 Å². The van der Waals surface area contributed by atoms with Crippen LogP contribution < -0.4 is 0 Å². The van der Waals surface area contributed by atoms with E-state index in [1.54, 1.807) is 0 Å². The SMILES string of the molecule is CC1CC[C@H](C)C(C)C1=O. The Morgan fingerprint density at radius 1 is 1.20 bits per heavy atom. The zero-order valence-corrected chi connectivity index (χ0v) is 7.05. The minimum absolute atomic E-state index is 0.309. The lowest BCUT2D eigenvalue weighted by atomic mass is 9.76. The number of Topliss-reactive ketones (excluding diaryl/α,β-unsaturated/α-hetero) is 1. The first-order valence-electron chi connectivity index (χ1n) is 4.16. The zero-order chi connectivity index (χ0) is 7.72. The average molecular weight is 140 g/mol. The van der Waals surface area contributed by atoms with Gasteiger partial charge in [-0.25, -0.2) is 0 Å². The molecule has 0 spiro atoms. The Hall–Kier alpha value is -0.330. The van der Waals surface area contributed by atoms with Gasteiger partial charge in [-0.1, -0.05) is 20.8 Å². The maximum Gasteiger partial charge on any atom is 0.138 e. The molecule has 10 heavy (non-hydrogen) atoms. The van der Waals surface area contributed by atoms with Gasteiger partial charge in [-0.15, -0.1) is 0 Å². The minimum Gasteiger partial charge on any atom is -0.299 e. The largest absolute Gasteiger partial charge is 0.299 e. The van der Waals surface area contributed by atoms with Gasteiger partial charge in [-0.05, 0) is 18.8 Å². The van der Waals surface area contributed by atoms with Crippen molar-refractivity contribution in [3.63, 3.8) is 0 Å². The summed E-state index contributed by atoms with van der Waals surface area (Å²) >= 11 is 0. The predicted octanol–water partition coefficient (Wildman–Crippen LogP) is 2.26. The summed E-state index contributed by atoms with van der Waals surface area (Å²) in [6.07, 6.45) is 2.33. The lowest BCUT2D eigenvalue weighted by Crippen LogP contribution is -2.30. The van der Waals surface area contributed by atoms with Crippen LogP contribution in [0.15, 0.2) is 0 Å². The van der Waals surface area contributed by atoms with Crippen molar-refractivity contribution in [3.05, 3.63) is 0 Å². The first kappa shape index (κ1) is 7.77. The second kappa shape index (κ2) is 2.73. The van der Waals surface area contributed by atoms with Gasteiger partial charge >= 0.3 is 0 Å². The van der Waals surface area contributed by atoms with Crippen LogP contribution in [0.3, 0.4) is 0 Å². The topological polar surface area (TPSA) is 17.1 Å². The van der Waals surface area contributed by atoms with E-state index in [1.165, 1.54) is 6.42 Å². The minimum atomic E-state index is 0.309. The van der Waals surface area contributed by atoms with E-state index < -0.39 is 0 Å². The number of hydrogen-bond acceptors (Lipinski definition) is 1. The fourth-order valence-corrected chi connectivity index (χ4v) is 1.63. The highest BCUT2D eigenvalue weighted by molar-refractivity contribution is 5.83. The number of ketones is 1. The van der Waals surface area contributed by atoms with Crippen LogP contribution in [-0.4, -0.2) is 5.78 Å². The first-order chi connectivity index (χ1) is 4.63. The van der Waals surface area contributed by atoms with Gasteiger partial charge in [0.15, 0.2) is 0 Å². The number of hydrogen-bond donors (Lipinski definition) is 0. The molecule has 0 bridgehead atoms. The molecular formula is C9H16O. The van der Waals surface area contributed by atoms with Crippen molar-refractivity contribution >= 4 is 5.78 Å². The van der Waals surface area contributed by atoms with Crippen LogP contribution in [0.25, 0.3) is 0 Å². The Labute approximate surface area is 62.8 Å². The van der Waals surface area contributed by atoms with Crippen molar-refractivity contribution in [3.8, 4) is 0 Å². The molecule has 2 unspecified atom stereocenters. The summed E-state index contributed by atoms with van der Waals surface area (Å²) in [5.74, 6) is 1.72. The fourth-order valence-electron chi connectivity index (χ4n) is 1.63. The van der Waals surface area contributed by atoms with Gasteiger partial charge < -0.3 is 0 Å². The molecular weight excluding hydrogens is 124 g/mol. The maximum absolute atomic E-state index is 11.3. The number of rotatable bonds is 0. The lowest BCUT2D eigenvalue weighted by Gasteiger charge is -2.28. The highest BCUT2D eigenvalue weighted by Gasteiger charge is 2.29. The van der Waals surface area contributed by atoms with Gasteiger partial charge in [-0.3, -0.25) is 4.79 Å². The standard InChI is InChI=1S/C9H16O/c1-6-4-5-7(2)9(10)8(6)3/h6-8H,4-5H2,1-3H3/t6-,7?,8?/m0/s1. The van der Waals surface area contributed by atoms with E-state index in [4.69, 9.17) is 0 Å². The van der Waals surface area contributed by atoms with Gasteiger partial charge in [0.2, 0.25) is 0 Å². The molecule has 1 aliphatic rings.